The average Bonchev–Trinajstić information content (AvgIpc) is 2.59. The molecule has 31 heavy (non-hydrogen) atoms. The maximum atomic E-state index is 14.0. The number of anilines is 1. The minimum absolute atomic E-state index is 0.0520. The molecule has 12 heteroatoms. The summed E-state index contributed by atoms with van der Waals surface area (Å²) in [6.07, 6.45) is 0.588. The van der Waals surface area contributed by atoms with Gasteiger partial charge in [0, 0.05) is 37.0 Å². The van der Waals surface area contributed by atoms with E-state index in [1.165, 1.54) is 22.5 Å². The van der Waals surface area contributed by atoms with E-state index < -0.39 is 21.8 Å². The van der Waals surface area contributed by atoms with Crippen LogP contribution in [-0.2, 0) is 16.0 Å². The Labute approximate surface area is 185 Å². The van der Waals surface area contributed by atoms with Crippen LogP contribution in [0.1, 0.15) is 18.9 Å². The number of hydrogen-bond acceptors (Lipinski definition) is 7. The molecule has 0 amide bonds. The summed E-state index contributed by atoms with van der Waals surface area (Å²) in [6.45, 7) is 3.38. The third-order valence-electron chi connectivity index (χ3n) is 4.40. The van der Waals surface area contributed by atoms with Crippen molar-refractivity contribution < 1.29 is 21.9 Å². The Balaban J connectivity index is 1.82. The molecule has 2 aromatic rings. The number of aromatic nitrogens is 2. The molecule has 1 aromatic heterocycles. The van der Waals surface area contributed by atoms with Gasteiger partial charge in [0.05, 0.1) is 0 Å². The Bertz CT molecular complexity index is 1020. The van der Waals surface area contributed by atoms with Crippen molar-refractivity contribution in [2.24, 2.45) is 0 Å². The Morgan fingerprint density at radius 1 is 1.29 bits per heavy atom. The molecule has 0 unspecified atom stereocenters. The quantitative estimate of drug-likeness (QED) is 0.419. The zero-order valence-corrected chi connectivity index (χ0v) is 19.1. The fourth-order valence-electron chi connectivity index (χ4n) is 2.87. The van der Waals surface area contributed by atoms with Gasteiger partial charge < -0.3 is 9.64 Å². The number of nitrogens with zero attached hydrogens (tertiary/aromatic N) is 4. The van der Waals surface area contributed by atoms with Gasteiger partial charge in [-0.25, -0.2) is 13.8 Å². The van der Waals surface area contributed by atoms with Crippen molar-refractivity contribution in [3.05, 3.63) is 41.5 Å². The molecule has 1 fully saturated rings. The summed E-state index contributed by atoms with van der Waals surface area (Å²) in [5, 5.41) is 0.180. The third-order valence-corrected chi connectivity index (χ3v) is 6.81. The lowest BCUT2D eigenvalue weighted by Crippen LogP contribution is -2.45. The van der Waals surface area contributed by atoms with Gasteiger partial charge in [-0.15, -0.1) is 0 Å². The Kier molecular flexibility index (Phi) is 7.68. The SMILES string of the molecule is C[C@H](CN(C)C)Oc1cc(NS(=O)(=O)N2CCC2)nc(SCc2cccc(F)c2F)n1. The lowest BCUT2D eigenvalue weighted by atomic mass is 10.2. The molecule has 1 aliphatic heterocycles. The minimum atomic E-state index is -3.73. The number of thioether (sulfide) groups is 1. The average molecular weight is 474 g/mol. The molecule has 1 saturated heterocycles. The molecule has 1 atom stereocenters. The maximum absolute atomic E-state index is 14.0. The molecule has 8 nitrogen and oxygen atoms in total. The van der Waals surface area contributed by atoms with Gasteiger partial charge in [-0.3, -0.25) is 4.72 Å². The summed E-state index contributed by atoms with van der Waals surface area (Å²) >= 11 is 1.05. The number of benzene rings is 1. The van der Waals surface area contributed by atoms with Crippen LogP contribution in [0.3, 0.4) is 0 Å². The molecule has 0 radical (unpaired) electrons. The van der Waals surface area contributed by atoms with E-state index in [0.717, 1.165) is 24.2 Å². The zero-order valence-electron chi connectivity index (χ0n) is 17.5. The second kappa shape index (κ2) is 10.1. The van der Waals surface area contributed by atoms with Crippen LogP contribution in [0.4, 0.5) is 14.6 Å². The van der Waals surface area contributed by atoms with Crippen molar-refractivity contribution in [1.82, 2.24) is 19.2 Å². The molecule has 0 bridgehead atoms. The second-order valence-corrected chi connectivity index (χ2v) is 10.0. The zero-order chi connectivity index (χ0) is 22.6. The monoisotopic (exact) mass is 473 g/mol. The minimum Gasteiger partial charge on any atom is -0.473 e. The first-order valence-corrected chi connectivity index (χ1v) is 12.1. The van der Waals surface area contributed by atoms with Crippen molar-refractivity contribution in [1.29, 1.82) is 0 Å². The Morgan fingerprint density at radius 3 is 2.68 bits per heavy atom. The molecule has 170 valence electrons. The van der Waals surface area contributed by atoms with Crippen LogP contribution in [0.5, 0.6) is 5.88 Å². The van der Waals surface area contributed by atoms with Crippen LogP contribution in [0.25, 0.3) is 0 Å². The van der Waals surface area contributed by atoms with E-state index in [0.29, 0.717) is 19.6 Å². The fraction of sp³-hybridized carbons (Fsp3) is 0.474. The van der Waals surface area contributed by atoms with Crippen molar-refractivity contribution >= 4 is 27.8 Å². The topological polar surface area (TPSA) is 87.7 Å². The first kappa shape index (κ1) is 23.6. The second-order valence-electron chi connectivity index (χ2n) is 7.43. The van der Waals surface area contributed by atoms with E-state index in [9.17, 15) is 17.2 Å². The van der Waals surface area contributed by atoms with Crippen LogP contribution in [0.2, 0.25) is 0 Å². The predicted octanol–water partition coefficient (Wildman–Crippen LogP) is 2.74. The van der Waals surface area contributed by atoms with E-state index in [1.54, 1.807) is 0 Å². The molecular weight excluding hydrogens is 448 g/mol. The molecule has 0 saturated carbocycles. The van der Waals surface area contributed by atoms with Gasteiger partial charge in [0.1, 0.15) is 11.9 Å². The summed E-state index contributed by atoms with van der Waals surface area (Å²) in [5.41, 5.74) is 0.156. The summed E-state index contributed by atoms with van der Waals surface area (Å²) in [4.78, 5) is 10.5. The number of halogens is 2. The first-order valence-electron chi connectivity index (χ1n) is 9.68. The highest BCUT2D eigenvalue weighted by Crippen LogP contribution is 2.27. The standard InChI is InChI=1S/C19H25F2N5O3S2/c1-13(11-25(2)3)29-17-10-16(24-31(27,28)26-8-5-9-26)22-19(23-17)30-12-14-6-4-7-15(20)18(14)21/h4,6-7,10,13H,5,8-9,11-12H2,1-3H3,(H,22,23,24)/t13-/m1/s1. The van der Waals surface area contributed by atoms with E-state index in [4.69, 9.17) is 4.74 Å². The molecule has 1 aliphatic rings. The van der Waals surface area contributed by atoms with Gasteiger partial charge in [0.15, 0.2) is 16.8 Å². The summed E-state index contributed by atoms with van der Waals surface area (Å²) in [7, 11) is 0.0815. The number of hydrogen-bond donors (Lipinski definition) is 1. The molecule has 2 heterocycles. The van der Waals surface area contributed by atoms with Crippen LogP contribution >= 0.6 is 11.8 Å². The number of ether oxygens (including phenoxy) is 1. The maximum Gasteiger partial charge on any atom is 0.302 e. The number of rotatable bonds is 10. The van der Waals surface area contributed by atoms with Gasteiger partial charge in [-0.05, 0) is 33.5 Å². The van der Waals surface area contributed by atoms with Crippen molar-refractivity contribution in [3.63, 3.8) is 0 Å². The Hall–Kier alpha value is -2.02. The van der Waals surface area contributed by atoms with Gasteiger partial charge in [0.2, 0.25) is 5.88 Å². The molecule has 1 N–H and O–H groups in total. The van der Waals surface area contributed by atoms with E-state index in [1.807, 2.05) is 25.9 Å². The molecule has 1 aromatic carbocycles. The van der Waals surface area contributed by atoms with Crippen LogP contribution in [-0.4, -0.2) is 67.4 Å². The largest absolute Gasteiger partial charge is 0.473 e. The van der Waals surface area contributed by atoms with Gasteiger partial charge in [-0.2, -0.15) is 17.7 Å². The van der Waals surface area contributed by atoms with Crippen molar-refractivity contribution in [2.75, 3.05) is 38.5 Å². The highest BCUT2D eigenvalue weighted by Gasteiger charge is 2.28. The van der Waals surface area contributed by atoms with Crippen molar-refractivity contribution in [2.45, 2.75) is 30.4 Å². The highest BCUT2D eigenvalue weighted by atomic mass is 32.2. The van der Waals surface area contributed by atoms with Crippen LogP contribution < -0.4 is 9.46 Å². The summed E-state index contributed by atoms with van der Waals surface area (Å²) in [6, 6.07) is 5.35. The normalized spacial score (nSPS) is 15.5. The van der Waals surface area contributed by atoms with E-state index in [2.05, 4.69) is 14.7 Å². The predicted molar refractivity (Wildman–Crippen MR) is 115 cm³/mol. The fourth-order valence-corrected chi connectivity index (χ4v) is 4.93. The van der Waals surface area contributed by atoms with Gasteiger partial charge in [0.25, 0.3) is 0 Å². The van der Waals surface area contributed by atoms with Crippen LogP contribution in [0.15, 0.2) is 29.4 Å². The molecule has 0 spiro atoms. The van der Waals surface area contributed by atoms with Crippen LogP contribution in [0, 0.1) is 11.6 Å². The third kappa shape index (κ3) is 6.48. The van der Waals surface area contributed by atoms with Crippen molar-refractivity contribution in [3.8, 4) is 5.88 Å². The van der Waals surface area contributed by atoms with E-state index in [-0.39, 0.29) is 34.3 Å². The lowest BCUT2D eigenvalue weighted by Gasteiger charge is -2.29. The lowest BCUT2D eigenvalue weighted by molar-refractivity contribution is 0.169. The highest BCUT2D eigenvalue weighted by molar-refractivity contribution is 7.98. The Morgan fingerprint density at radius 2 is 2.03 bits per heavy atom. The van der Waals surface area contributed by atoms with E-state index >= 15 is 0 Å². The van der Waals surface area contributed by atoms with Gasteiger partial charge >= 0.3 is 10.2 Å². The number of nitrogens with one attached hydrogen (secondary N) is 1. The summed E-state index contributed by atoms with van der Waals surface area (Å²) < 4.78 is 61.9. The molecule has 0 aliphatic carbocycles. The molecule has 3 rings (SSSR count). The molecular formula is C19H25F2N5O3S2. The van der Waals surface area contributed by atoms with Gasteiger partial charge in [-0.1, -0.05) is 23.9 Å². The summed E-state index contributed by atoms with van der Waals surface area (Å²) in [5.74, 6) is -1.56. The smallest absolute Gasteiger partial charge is 0.302 e. The number of likely N-dealkylation sites (N-methyl/N-ethyl adjacent to an activating group) is 1. The first-order chi connectivity index (χ1) is 14.6.